The Hall–Kier alpha value is -9.23. The van der Waals surface area contributed by atoms with Gasteiger partial charge in [-0.15, -0.1) is 0 Å². The number of furan rings is 2. The molecule has 2 fully saturated rings. The first-order chi connectivity index (χ1) is 48.8. The van der Waals surface area contributed by atoms with E-state index in [9.17, 15) is 0 Å². The molecule has 0 unspecified atom stereocenters. The van der Waals surface area contributed by atoms with Gasteiger partial charge in [0.15, 0.2) is 0 Å². The number of halogens is 2. The number of anilines is 6. The fourth-order valence-electron chi connectivity index (χ4n) is 15.6. The van der Waals surface area contributed by atoms with E-state index in [1.165, 1.54) is 50.1 Å². The molecule has 2 saturated heterocycles. The third-order valence-electron chi connectivity index (χ3n) is 22.8. The van der Waals surface area contributed by atoms with Gasteiger partial charge in [0, 0.05) is 86.6 Å². The molecule has 504 valence electrons. The van der Waals surface area contributed by atoms with Crippen LogP contribution in [0, 0.1) is 0 Å². The van der Waals surface area contributed by atoms with E-state index in [2.05, 4.69) is 355 Å². The first-order valence-electron chi connectivity index (χ1n) is 35.3. The lowest BCUT2D eigenvalue weighted by Gasteiger charge is -2.32. The van der Waals surface area contributed by atoms with Gasteiger partial charge in [0.1, 0.15) is 22.3 Å². The largest absolute Gasteiger partial charge is 0.494 e. The second-order valence-corrected chi connectivity index (χ2v) is 32.6. The average Bonchev–Trinajstić information content (AvgIpc) is 1.57. The topological polar surface area (TPSA) is 69.7 Å². The summed E-state index contributed by atoms with van der Waals surface area (Å²) >= 11 is 7.21. The van der Waals surface area contributed by atoms with Crippen LogP contribution in [0.25, 0.3) is 88.4 Å². The smallest absolute Gasteiger partial charge is 0.455 e. The molecule has 0 amide bonds. The maximum absolute atomic E-state index is 6.47. The maximum Gasteiger partial charge on any atom is 0.494 e. The van der Waals surface area contributed by atoms with Crippen molar-refractivity contribution < 1.29 is 27.5 Å². The number of fused-ring (bicyclic) bond motifs is 12. The molecule has 12 heteroatoms. The minimum absolute atomic E-state index is 0.177. The van der Waals surface area contributed by atoms with Crippen molar-refractivity contribution in [2.75, 3.05) is 9.80 Å². The van der Waals surface area contributed by atoms with Gasteiger partial charge in [-0.1, -0.05) is 193 Å². The summed E-state index contributed by atoms with van der Waals surface area (Å²) in [5, 5.41) is 4.59. The van der Waals surface area contributed by atoms with Gasteiger partial charge >= 0.3 is 14.2 Å². The van der Waals surface area contributed by atoms with Crippen LogP contribution in [0.1, 0.15) is 105 Å². The standard InChI is InChI=1S/C51H51B2NO5.C39H27Br2NO/c1-47(2)43-30-32(38-15-13-16-42-41-14-11-12-17-45(41)55-46(38)42)18-28-39(43)40-29-27-37(31-44(40)47)54(35-23-19-33(20-24-35)52-56-48(3,4)49(5,6)57-52)36-25-21-34(22-26-36)53-58-50(7,8)51(9,10)59-53;1-39(2)35-22-24(30-7-5-8-34-33-6-3-4-9-37(33)43-38(30)34)10-20-31(35)32-21-19-29(23-36(32)39)42(27-15-11-25(40)12-16-27)28-17-13-26(41)14-18-28/h11-31H,1-10H3;3-23H,1-2H3. The molecule has 0 bridgehead atoms. The quantitative estimate of drug-likeness (QED) is 0.125. The van der Waals surface area contributed by atoms with Crippen LogP contribution < -0.4 is 20.7 Å². The van der Waals surface area contributed by atoms with E-state index in [0.717, 1.165) is 115 Å². The van der Waals surface area contributed by atoms with Gasteiger partial charge in [-0.05, 0) is 243 Å². The molecule has 4 aliphatic rings. The summed E-state index contributed by atoms with van der Waals surface area (Å²) in [5.41, 5.74) is 25.0. The molecular formula is C90H78B2Br2N2O6. The van der Waals surface area contributed by atoms with Crippen LogP contribution in [0.3, 0.4) is 0 Å². The van der Waals surface area contributed by atoms with Crippen molar-refractivity contribution in [3.05, 3.63) is 286 Å². The molecular weight excluding hydrogens is 1390 g/mol. The highest BCUT2D eigenvalue weighted by Gasteiger charge is 2.53. The fourth-order valence-corrected chi connectivity index (χ4v) is 16.1. The number of hydrogen-bond acceptors (Lipinski definition) is 8. The van der Waals surface area contributed by atoms with Crippen LogP contribution in [0.2, 0.25) is 0 Å². The van der Waals surface area contributed by atoms with Crippen LogP contribution in [-0.2, 0) is 29.4 Å². The first kappa shape index (κ1) is 66.0. The van der Waals surface area contributed by atoms with E-state index in [-0.39, 0.29) is 10.8 Å². The molecule has 2 aliphatic carbocycles. The van der Waals surface area contributed by atoms with Crippen LogP contribution in [0.15, 0.2) is 273 Å². The van der Waals surface area contributed by atoms with Crippen molar-refractivity contribution in [3.63, 3.8) is 0 Å². The van der Waals surface area contributed by atoms with E-state index in [1.54, 1.807) is 0 Å². The van der Waals surface area contributed by atoms with Crippen molar-refractivity contribution in [2.45, 2.75) is 116 Å². The summed E-state index contributed by atoms with van der Waals surface area (Å²) in [5.74, 6) is 0. The van der Waals surface area contributed by atoms with E-state index in [4.69, 9.17) is 27.5 Å². The van der Waals surface area contributed by atoms with Gasteiger partial charge in [0.05, 0.1) is 22.4 Å². The van der Waals surface area contributed by atoms with E-state index in [1.807, 2.05) is 24.3 Å². The van der Waals surface area contributed by atoms with Crippen molar-refractivity contribution in [3.8, 4) is 44.5 Å². The Kier molecular flexibility index (Phi) is 15.7. The van der Waals surface area contributed by atoms with Gasteiger partial charge in [-0.25, -0.2) is 0 Å². The number of hydrogen-bond donors (Lipinski definition) is 0. The number of para-hydroxylation sites is 4. The molecule has 8 nitrogen and oxygen atoms in total. The van der Waals surface area contributed by atoms with Crippen molar-refractivity contribution in [1.29, 1.82) is 0 Å². The highest BCUT2D eigenvalue weighted by Crippen LogP contribution is 2.55. The molecule has 0 radical (unpaired) electrons. The molecule has 102 heavy (non-hydrogen) atoms. The Morgan fingerprint density at radius 2 is 0.569 bits per heavy atom. The molecule has 0 atom stereocenters. The van der Waals surface area contributed by atoms with Gasteiger partial charge in [0.25, 0.3) is 0 Å². The van der Waals surface area contributed by atoms with Crippen molar-refractivity contribution in [1.82, 2.24) is 0 Å². The Bertz CT molecular complexity index is 5500. The average molecular weight is 1470 g/mol. The van der Waals surface area contributed by atoms with Gasteiger partial charge in [-0.2, -0.15) is 0 Å². The summed E-state index contributed by atoms with van der Waals surface area (Å²) in [7, 11) is -0.880. The van der Waals surface area contributed by atoms with Gasteiger partial charge < -0.3 is 37.3 Å². The van der Waals surface area contributed by atoms with Crippen LogP contribution >= 0.6 is 31.9 Å². The summed E-state index contributed by atoms with van der Waals surface area (Å²) in [4.78, 5) is 4.65. The zero-order chi connectivity index (χ0) is 70.6. The Morgan fingerprint density at radius 1 is 0.275 bits per heavy atom. The first-order valence-corrected chi connectivity index (χ1v) is 36.8. The molecule has 12 aromatic carbocycles. The van der Waals surface area contributed by atoms with E-state index < -0.39 is 36.6 Å². The SMILES string of the molecule is CC1(C)c2cc(-c3cccc4c3oc3ccccc34)ccc2-c2ccc(N(c3ccc(B4OC(C)(C)C(C)(C)O4)cc3)c3ccc(B4OC(C)(C)C(C)(C)O4)cc3)cc21.CC1(C)c2cc(-c3cccc4c3oc3ccccc34)ccc2-c2ccc(N(c3ccc(Br)cc3)c3ccc(Br)cc3)cc21. The Balaban J connectivity index is 0.000000159. The molecule has 4 heterocycles. The van der Waals surface area contributed by atoms with Gasteiger partial charge in [-0.3, -0.25) is 0 Å². The van der Waals surface area contributed by atoms with Crippen LogP contribution in [0.4, 0.5) is 34.1 Å². The summed E-state index contributed by atoms with van der Waals surface area (Å²) in [6, 6.07) is 91.3. The number of nitrogens with zero attached hydrogens (tertiary/aromatic N) is 2. The maximum atomic E-state index is 6.47. The van der Waals surface area contributed by atoms with E-state index in [0.29, 0.717) is 0 Å². The second kappa shape index (κ2) is 24.2. The van der Waals surface area contributed by atoms with Crippen molar-refractivity contribution in [2.24, 2.45) is 0 Å². The Labute approximate surface area is 614 Å². The molecule has 2 aromatic heterocycles. The zero-order valence-electron chi connectivity index (χ0n) is 59.5. The predicted molar refractivity (Wildman–Crippen MR) is 430 cm³/mol. The lowest BCUT2D eigenvalue weighted by Crippen LogP contribution is -2.41. The minimum atomic E-state index is -0.440. The molecule has 2 aliphatic heterocycles. The van der Waals surface area contributed by atoms with Crippen LogP contribution in [-0.4, -0.2) is 36.6 Å². The molecule has 0 N–H and O–H groups in total. The summed E-state index contributed by atoms with van der Waals surface area (Å²) in [6.45, 7) is 26.1. The van der Waals surface area contributed by atoms with E-state index >= 15 is 0 Å². The third kappa shape index (κ3) is 10.9. The lowest BCUT2D eigenvalue weighted by atomic mass is 9.79. The van der Waals surface area contributed by atoms with Crippen molar-refractivity contribution >= 4 is 135 Å². The molecule has 18 rings (SSSR count). The highest BCUT2D eigenvalue weighted by molar-refractivity contribution is 9.10. The van der Waals surface area contributed by atoms with Crippen LogP contribution in [0.5, 0.6) is 0 Å². The second-order valence-electron chi connectivity index (χ2n) is 30.8. The highest BCUT2D eigenvalue weighted by atomic mass is 79.9. The number of rotatable bonds is 10. The van der Waals surface area contributed by atoms with Gasteiger partial charge in [0.2, 0.25) is 0 Å². The molecule has 14 aromatic rings. The molecule has 0 saturated carbocycles. The normalized spacial score (nSPS) is 16.8. The minimum Gasteiger partial charge on any atom is -0.455 e. The summed E-state index contributed by atoms with van der Waals surface area (Å²) in [6.07, 6.45) is 0. The molecule has 0 spiro atoms. The summed E-state index contributed by atoms with van der Waals surface area (Å²) < 4.78 is 40.7. The fraction of sp³-hybridized carbons (Fsp3) is 0.200. The lowest BCUT2D eigenvalue weighted by molar-refractivity contribution is 0.00578. The third-order valence-corrected chi connectivity index (χ3v) is 23.8. The zero-order valence-corrected chi connectivity index (χ0v) is 62.7. The monoisotopic (exact) mass is 1460 g/mol. The Morgan fingerprint density at radius 3 is 0.922 bits per heavy atom. The predicted octanol–water partition coefficient (Wildman–Crippen LogP) is 24.2. The number of benzene rings is 12.